The van der Waals surface area contributed by atoms with Crippen LogP contribution < -0.4 is 9.64 Å². The van der Waals surface area contributed by atoms with Crippen molar-refractivity contribution in [3.05, 3.63) is 60.9 Å². The van der Waals surface area contributed by atoms with Crippen molar-refractivity contribution in [3.63, 3.8) is 0 Å². The van der Waals surface area contributed by atoms with Crippen molar-refractivity contribution in [2.24, 2.45) is 5.92 Å². The molecule has 0 fully saturated rings. The van der Waals surface area contributed by atoms with Gasteiger partial charge in [-0.05, 0) is 24.3 Å². The third-order valence-corrected chi connectivity index (χ3v) is 4.02. The van der Waals surface area contributed by atoms with Crippen molar-refractivity contribution < 1.29 is 4.74 Å². The SMILES string of the molecule is c1cnc(N2Cc3ccnn3CC(COc3cccnc3)C2)nc1. The van der Waals surface area contributed by atoms with Gasteiger partial charge in [0, 0.05) is 43.8 Å². The first-order valence-corrected chi connectivity index (χ1v) is 7.94. The Hall–Kier alpha value is -2.96. The minimum Gasteiger partial charge on any atom is -0.492 e. The molecule has 3 aromatic heterocycles. The first kappa shape index (κ1) is 14.6. The third kappa shape index (κ3) is 3.19. The maximum atomic E-state index is 5.91. The molecule has 0 saturated carbocycles. The van der Waals surface area contributed by atoms with E-state index in [1.807, 2.05) is 35.1 Å². The number of pyridine rings is 1. The van der Waals surface area contributed by atoms with Gasteiger partial charge in [-0.2, -0.15) is 5.10 Å². The van der Waals surface area contributed by atoms with Crippen molar-refractivity contribution in [1.82, 2.24) is 24.7 Å². The Morgan fingerprint density at radius 3 is 2.79 bits per heavy atom. The van der Waals surface area contributed by atoms with Gasteiger partial charge in [-0.1, -0.05) is 0 Å². The number of fused-ring (bicyclic) bond motifs is 1. The van der Waals surface area contributed by atoms with Gasteiger partial charge in [0.15, 0.2) is 0 Å². The Morgan fingerprint density at radius 1 is 1.04 bits per heavy atom. The second kappa shape index (κ2) is 6.66. The van der Waals surface area contributed by atoms with Crippen molar-refractivity contribution in [1.29, 1.82) is 0 Å². The lowest BCUT2D eigenvalue weighted by Crippen LogP contribution is -2.32. The number of hydrogen-bond acceptors (Lipinski definition) is 6. The average Bonchev–Trinajstić information content (AvgIpc) is 2.99. The van der Waals surface area contributed by atoms with E-state index in [1.54, 1.807) is 24.8 Å². The van der Waals surface area contributed by atoms with E-state index in [-0.39, 0.29) is 5.92 Å². The van der Waals surface area contributed by atoms with Gasteiger partial charge < -0.3 is 9.64 Å². The zero-order valence-electron chi connectivity index (χ0n) is 13.2. The Kier molecular flexibility index (Phi) is 4.05. The second-order valence-electron chi connectivity index (χ2n) is 5.80. The van der Waals surface area contributed by atoms with E-state index < -0.39 is 0 Å². The summed E-state index contributed by atoms with van der Waals surface area (Å²) in [7, 11) is 0. The molecule has 1 unspecified atom stereocenters. The van der Waals surface area contributed by atoms with Gasteiger partial charge in [-0.15, -0.1) is 0 Å². The molecule has 4 rings (SSSR count). The molecule has 0 aromatic carbocycles. The van der Waals surface area contributed by atoms with Crippen LogP contribution in [0.25, 0.3) is 0 Å². The van der Waals surface area contributed by atoms with Gasteiger partial charge in [-0.3, -0.25) is 9.67 Å². The lowest BCUT2D eigenvalue weighted by molar-refractivity contribution is 0.232. The summed E-state index contributed by atoms with van der Waals surface area (Å²) in [5.41, 5.74) is 1.16. The predicted octanol–water partition coefficient (Wildman–Crippen LogP) is 1.78. The number of hydrogen-bond donors (Lipinski definition) is 0. The van der Waals surface area contributed by atoms with Crippen LogP contribution in [0.2, 0.25) is 0 Å². The molecule has 0 amide bonds. The van der Waals surface area contributed by atoms with E-state index in [1.165, 1.54) is 0 Å². The van der Waals surface area contributed by atoms with E-state index >= 15 is 0 Å². The molecule has 122 valence electrons. The fourth-order valence-corrected chi connectivity index (χ4v) is 2.89. The summed E-state index contributed by atoms with van der Waals surface area (Å²) in [5.74, 6) is 1.79. The topological polar surface area (TPSA) is 69.0 Å². The maximum Gasteiger partial charge on any atom is 0.225 e. The number of anilines is 1. The molecule has 1 atom stereocenters. The monoisotopic (exact) mass is 322 g/mol. The average molecular weight is 322 g/mol. The lowest BCUT2D eigenvalue weighted by Gasteiger charge is -2.23. The van der Waals surface area contributed by atoms with Gasteiger partial charge in [-0.25, -0.2) is 9.97 Å². The van der Waals surface area contributed by atoms with E-state index in [0.29, 0.717) is 6.61 Å². The highest BCUT2D eigenvalue weighted by Crippen LogP contribution is 2.20. The Bertz CT molecular complexity index is 776. The largest absolute Gasteiger partial charge is 0.492 e. The highest BCUT2D eigenvalue weighted by Gasteiger charge is 2.24. The Balaban J connectivity index is 1.53. The van der Waals surface area contributed by atoms with Crippen LogP contribution in [0, 0.1) is 5.92 Å². The first-order chi connectivity index (χ1) is 11.9. The van der Waals surface area contributed by atoms with Crippen LogP contribution in [-0.2, 0) is 13.1 Å². The standard InChI is InChI=1S/C17H18N6O/c1-3-16(9-18-5-1)24-13-14-10-22(17-19-6-2-7-20-17)12-15-4-8-21-23(15)11-14/h1-9,14H,10-13H2. The minimum atomic E-state index is 0.273. The summed E-state index contributed by atoms with van der Waals surface area (Å²) in [5, 5.41) is 4.43. The van der Waals surface area contributed by atoms with Gasteiger partial charge in [0.05, 0.1) is 25.0 Å². The number of ether oxygens (including phenoxy) is 1. The van der Waals surface area contributed by atoms with Crippen molar-refractivity contribution >= 4 is 5.95 Å². The van der Waals surface area contributed by atoms with E-state index in [2.05, 4.69) is 25.0 Å². The molecule has 7 nitrogen and oxygen atoms in total. The van der Waals surface area contributed by atoms with Crippen molar-refractivity contribution in [2.45, 2.75) is 13.1 Å². The second-order valence-corrected chi connectivity index (χ2v) is 5.80. The summed E-state index contributed by atoms with van der Waals surface area (Å²) in [6, 6.07) is 7.66. The Labute approximate surface area is 140 Å². The molecule has 0 bridgehead atoms. The van der Waals surface area contributed by atoms with Crippen LogP contribution >= 0.6 is 0 Å². The molecular weight excluding hydrogens is 304 g/mol. The molecule has 0 saturated heterocycles. The van der Waals surface area contributed by atoms with E-state index in [0.717, 1.165) is 37.0 Å². The van der Waals surface area contributed by atoms with Crippen LogP contribution in [-0.4, -0.2) is 37.9 Å². The summed E-state index contributed by atoms with van der Waals surface area (Å²) in [6.45, 7) is 2.96. The summed E-state index contributed by atoms with van der Waals surface area (Å²) in [4.78, 5) is 15.0. The van der Waals surface area contributed by atoms with Crippen LogP contribution in [0.15, 0.2) is 55.2 Å². The summed E-state index contributed by atoms with van der Waals surface area (Å²) in [6.07, 6.45) is 8.85. The molecule has 24 heavy (non-hydrogen) atoms. The van der Waals surface area contributed by atoms with Gasteiger partial charge >= 0.3 is 0 Å². The van der Waals surface area contributed by atoms with Crippen LogP contribution in [0.1, 0.15) is 5.69 Å². The fourth-order valence-electron chi connectivity index (χ4n) is 2.89. The van der Waals surface area contributed by atoms with Crippen molar-refractivity contribution in [2.75, 3.05) is 18.1 Å². The van der Waals surface area contributed by atoms with Crippen LogP contribution in [0.3, 0.4) is 0 Å². The molecule has 3 aromatic rings. The van der Waals surface area contributed by atoms with Gasteiger partial charge in [0.1, 0.15) is 5.75 Å². The fraction of sp³-hybridized carbons (Fsp3) is 0.294. The predicted molar refractivity (Wildman–Crippen MR) is 88.5 cm³/mol. The Morgan fingerprint density at radius 2 is 1.96 bits per heavy atom. The molecule has 1 aliphatic rings. The summed E-state index contributed by atoms with van der Waals surface area (Å²) >= 11 is 0. The molecule has 0 aliphatic carbocycles. The summed E-state index contributed by atoms with van der Waals surface area (Å²) < 4.78 is 7.95. The molecule has 1 aliphatic heterocycles. The molecule has 0 spiro atoms. The van der Waals surface area contributed by atoms with Crippen LogP contribution in [0.4, 0.5) is 5.95 Å². The van der Waals surface area contributed by atoms with Gasteiger partial charge in [0.2, 0.25) is 5.95 Å². The number of nitrogens with zero attached hydrogens (tertiary/aromatic N) is 6. The normalized spacial score (nSPS) is 17.2. The number of aromatic nitrogens is 5. The first-order valence-electron chi connectivity index (χ1n) is 7.94. The molecule has 7 heteroatoms. The number of rotatable bonds is 4. The zero-order chi connectivity index (χ0) is 16.2. The lowest BCUT2D eigenvalue weighted by atomic mass is 10.1. The molecular formula is C17H18N6O. The van der Waals surface area contributed by atoms with E-state index in [9.17, 15) is 0 Å². The zero-order valence-corrected chi connectivity index (χ0v) is 13.2. The highest BCUT2D eigenvalue weighted by molar-refractivity contribution is 5.30. The smallest absolute Gasteiger partial charge is 0.225 e. The molecule has 0 radical (unpaired) electrons. The van der Waals surface area contributed by atoms with E-state index in [4.69, 9.17) is 4.74 Å². The quantitative estimate of drug-likeness (QED) is 0.729. The van der Waals surface area contributed by atoms with Gasteiger partial charge in [0.25, 0.3) is 0 Å². The minimum absolute atomic E-state index is 0.273. The highest BCUT2D eigenvalue weighted by atomic mass is 16.5. The third-order valence-electron chi connectivity index (χ3n) is 4.02. The van der Waals surface area contributed by atoms with Crippen LogP contribution in [0.5, 0.6) is 5.75 Å². The molecule has 4 heterocycles. The van der Waals surface area contributed by atoms with Crippen molar-refractivity contribution in [3.8, 4) is 5.75 Å². The molecule has 0 N–H and O–H groups in total. The maximum absolute atomic E-state index is 5.91.